The molecule has 8 nitrogen and oxygen atoms in total. The van der Waals surface area contributed by atoms with E-state index in [4.69, 9.17) is 4.99 Å². The Labute approximate surface area is 178 Å². The molecule has 1 aliphatic rings. The van der Waals surface area contributed by atoms with Crippen LogP contribution < -0.4 is 10.6 Å². The lowest BCUT2D eigenvalue weighted by Gasteiger charge is -2.24. The summed E-state index contributed by atoms with van der Waals surface area (Å²) in [5.74, 6) is 0.856. The van der Waals surface area contributed by atoms with Gasteiger partial charge in [0.25, 0.3) is 0 Å². The summed E-state index contributed by atoms with van der Waals surface area (Å²) in [6.07, 6.45) is 5.06. The monoisotopic (exact) mass is 412 g/mol. The van der Waals surface area contributed by atoms with Gasteiger partial charge in [-0.25, -0.2) is 4.99 Å². The first-order valence-corrected chi connectivity index (χ1v) is 10.5. The lowest BCUT2D eigenvalue weighted by atomic mass is 10.00. The number of aliphatic hydroxyl groups is 1. The van der Waals surface area contributed by atoms with Crippen LogP contribution in [0.1, 0.15) is 43.4 Å². The van der Waals surface area contributed by atoms with Gasteiger partial charge in [-0.3, -0.25) is 9.48 Å². The number of likely N-dealkylation sites (tertiary alicyclic amines) is 1. The number of aliphatic imine (C=N–C) groups is 1. The number of aryl methyl sites for hydroxylation is 1. The van der Waals surface area contributed by atoms with Crippen LogP contribution in [-0.2, 0) is 30.5 Å². The first-order valence-electron chi connectivity index (χ1n) is 10.5. The van der Waals surface area contributed by atoms with Crippen LogP contribution in [0.5, 0.6) is 0 Å². The molecule has 0 saturated carbocycles. The second kappa shape index (κ2) is 9.75. The van der Waals surface area contributed by atoms with Crippen molar-refractivity contribution in [2.24, 2.45) is 12.0 Å². The molecule has 30 heavy (non-hydrogen) atoms. The summed E-state index contributed by atoms with van der Waals surface area (Å²) in [6, 6.07) is 8.10. The zero-order chi connectivity index (χ0) is 21.6. The molecule has 2 heterocycles. The molecule has 1 aliphatic heterocycles. The van der Waals surface area contributed by atoms with Crippen LogP contribution in [0.4, 0.5) is 0 Å². The molecule has 3 N–H and O–H groups in total. The number of rotatable bonds is 8. The first kappa shape index (κ1) is 21.8. The summed E-state index contributed by atoms with van der Waals surface area (Å²) in [5.41, 5.74) is 1.88. The predicted octanol–water partition coefficient (Wildman–Crippen LogP) is 1.51. The van der Waals surface area contributed by atoms with Crippen LogP contribution in [0.25, 0.3) is 0 Å². The van der Waals surface area contributed by atoms with Crippen molar-refractivity contribution in [3.05, 3.63) is 53.3 Å². The SMILES string of the molecule is CCNC(=NCc1ccccc1CN1CCCC1=O)NCC(C)(O)c1cnn(C)c1. The van der Waals surface area contributed by atoms with E-state index in [9.17, 15) is 9.90 Å². The number of hydrogen-bond donors (Lipinski definition) is 3. The van der Waals surface area contributed by atoms with E-state index in [2.05, 4.69) is 27.9 Å². The second-order valence-corrected chi connectivity index (χ2v) is 7.91. The molecule has 3 rings (SSSR count). The fraction of sp³-hybridized carbons (Fsp3) is 0.500. The van der Waals surface area contributed by atoms with Crippen molar-refractivity contribution in [2.45, 2.75) is 45.4 Å². The molecular weight excluding hydrogens is 380 g/mol. The predicted molar refractivity (Wildman–Crippen MR) is 117 cm³/mol. The molecule has 1 fully saturated rings. The van der Waals surface area contributed by atoms with Crippen LogP contribution in [0.2, 0.25) is 0 Å². The van der Waals surface area contributed by atoms with Crippen molar-refractivity contribution >= 4 is 11.9 Å². The summed E-state index contributed by atoms with van der Waals surface area (Å²) < 4.78 is 1.67. The molecule has 1 aromatic carbocycles. The Morgan fingerprint density at radius 3 is 2.70 bits per heavy atom. The fourth-order valence-electron chi connectivity index (χ4n) is 3.51. The largest absolute Gasteiger partial charge is 0.383 e. The Hall–Kier alpha value is -2.87. The van der Waals surface area contributed by atoms with E-state index in [1.165, 1.54) is 0 Å². The van der Waals surface area contributed by atoms with Gasteiger partial charge in [-0.15, -0.1) is 0 Å². The molecule has 1 saturated heterocycles. The molecule has 2 aromatic rings. The van der Waals surface area contributed by atoms with Gasteiger partial charge in [0.15, 0.2) is 5.96 Å². The quantitative estimate of drug-likeness (QED) is 0.451. The highest BCUT2D eigenvalue weighted by molar-refractivity contribution is 5.80. The lowest BCUT2D eigenvalue weighted by molar-refractivity contribution is -0.128. The standard InChI is InChI=1S/C22H32N6O2/c1-4-23-21(25-16-22(2,30)19-13-26-27(3)15-19)24-12-17-8-5-6-9-18(17)14-28-11-7-10-20(28)29/h5-6,8-9,13,15,30H,4,7,10-12,14,16H2,1-3H3,(H2,23,24,25). The van der Waals surface area contributed by atoms with Crippen molar-refractivity contribution in [1.29, 1.82) is 0 Å². The Morgan fingerprint density at radius 2 is 2.07 bits per heavy atom. The average molecular weight is 413 g/mol. The van der Waals surface area contributed by atoms with Crippen molar-refractivity contribution < 1.29 is 9.90 Å². The molecule has 162 valence electrons. The van der Waals surface area contributed by atoms with Crippen LogP contribution in [0, 0.1) is 0 Å². The molecule has 1 unspecified atom stereocenters. The minimum atomic E-state index is -1.07. The van der Waals surface area contributed by atoms with Crippen LogP contribution >= 0.6 is 0 Å². The van der Waals surface area contributed by atoms with Crippen LogP contribution in [-0.4, -0.2) is 51.3 Å². The minimum Gasteiger partial charge on any atom is -0.383 e. The van der Waals surface area contributed by atoms with Gasteiger partial charge < -0.3 is 20.6 Å². The van der Waals surface area contributed by atoms with E-state index >= 15 is 0 Å². The summed E-state index contributed by atoms with van der Waals surface area (Å²) in [4.78, 5) is 18.6. The van der Waals surface area contributed by atoms with Gasteiger partial charge >= 0.3 is 0 Å². The van der Waals surface area contributed by atoms with Gasteiger partial charge in [0.05, 0.1) is 19.3 Å². The number of nitrogens with one attached hydrogen (secondary N) is 2. The van der Waals surface area contributed by atoms with E-state index < -0.39 is 5.60 Å². The summed E-state index contributed by atoms with van der Waals surface area (Å²) in [7, 11) is 1.83. The number of hydrogen-bond acceptors (Lipinski definition) is 4. The number of benzene rings is 1. The van der Waals surface area contributed by atoms with Crippen LogP contribution in [0.3, 0.4) is 0 Å². The number of carbonyl (C=O) groups is 1. The summed E-state index contributed by atoms with van der Waals surface area (Å²) in [5, 5.41) is 21.4. The average Bonchev–Trinajstić information content (AvgIpc) is 3.34. The molecule has 1 atom stereocenters. The second-order valence-electron chi connectivity index (χ2n) is 7.91. The van der Waals surface area contributed by atoms with E-state index in [-0.39, 0.29) is 5.91 Å². The fourth-order valence-corrected chi connectivity index (χ4v) is 3.51. The number of carbonyl (C=O) groups excluding carboxylic acids is 1. The Morgan fingerprint density at radius 1 is 1.30 bits per heavy atom. The normalized spacial score (nSPS) is 16.6. The van der Waals surface area contributed by atoms with Crippen molar-refractivity contribution in [3.63, 3.8) is 0 Å². The Balaban J connectivity index is 1.67. The van der Waals surface area contributed by atoms with Gasteiger partial charge in [-0.2, -0.15) is 5.10 Å². The minimum absolute atomic E-state index is 0.223. The number of guanidine groups is 1. The highest BCUT2D eigenvalue weighted by Gasteiger charge is 2.25. The molecule has 1 amide bonds. The van der Waals surface area contributed by atoms with E-state index in [0.29, 0.717) is 38.6 Å². The van der Waals surface area contributed by atoms with Crippen molar-refractivity contribution in [1.82, 2.24) is 25.3 Å². The maximum absolute atomic E-state index is 12.0. The van der Waals surface area contributed by atoms with Gasteiger partial charge in [0.2, 0.25) is 5.91 Å². The van der Waals surface area contributed by atoms with Gasteiger partial charge in [-0.1, -0.05) is 24.3 Å². The molecular formula is C22H32N6O2. The summed E-state index contributed by atoms with van der Waals surface area (Å²) in [6.45, 7) is 6.71. The van der Waals surface area contributed by atoms with Crippen LogP contribution in [0.15, 0.2) is 41.7 Å². The van der Waals surface area contributed by atoms with Gasteiger partial charge in [0.1, 0.15) is 5.60 Å². The topological polar surface area (TPSA) is 94.8 Å². The molecule has 0 spiro atoms. The summed E-state index contributed by atoms with van der Waals surface area (Å²) >= 11 is 0. The third-order valence-corrected chi connectivity index (χ3v) is 5.33. The lowest BCUT2D eigenvalue weighted by Crippen LogP contribution is -2.44. The van der Waals surface area contributed by atoms with Gasteiger partial charge in [0, 0.05) is 44.9 Å². The zero-order valence-electron chi connectivity index (χ0n) is 18.1. The van der Waals surface area contributed by atoms with Gasteiger partial charge in [-0.05, 0) is 31.4 Å². The van der Waals surface area contributed by atoms with E-state index in [1.807, 2.05) is 37.2 Å². The first-order chi connectivity index (χ1) is 14.4. The smallest absolute Gasteiger partial charge is 0.222 e. The Kier molecular flexibility index (Phi) is 7.10. The molecule has 1 aromatic heterocycles. The number of amides is 1. The maximum Gasteiger partial charge on any atom is 0.222 e. The third kappa shape index (κ3) is 5.60. The highest BCUT2D eigenvalue weighted by atomic mass is 16.3. The molecule has 8 heteroatoms. The maximum atomic E-state index is 12.0. The van der Waals surface area contributed by atoms with Crippen molar-refractivity contribution in [3.8, 4) is 0 Å². The number of aromatic nitrogens is 2. The van der Waals surface area contributed by atoms with E-state index in [0.717, 1.165) is 29.7 Å². The van der Waals surface area contributed by atoms with E-state index in [1.54, 1.807) is 17.8 Å². The zero-order valence-corrected chi connectivity index (χ0v) is 18.1. The molecule has 0 radical (unpaired) electrons. The molecule has 0 aliphatic carbocycles. The third-order valence-electron chi connectivity index (χ3n) is 5.33. The Bertz CT molecular complexity index is 889. The highest BCUT2D eigenvalue weighted by Crippen LogP contribution is 2.19. The number of nitrogens with zero attached hydrogens (tertiary/aromatic N) is 4. The molecule has 0 bridgehead atoms. The van der Waals surface area contributed by atoms with Crippen molar-refractivity contribution in [2.75, 3.05) is 19.6 Å².